The second-order valence-corrected chi connectivity index (χ2v) is 5.89. The van der Waals surface area contributed by atoms with Crippen LogP contribution in [0.15, 0.2) is 24.3 Å². The molecule has 1 unspecified atom stereocenters. The summed E-state index contributed by atoms with van der Waals surface area (Å²) in [6.07, 6.45) is 4.12. The van der Waals surface area contributed by atoms with Gasteiger partial charge in [0, 0.05) is 6.04 Å². The molecule has 1 atom stereocenters. The molecule has 1 aromatic rings. The monoisotopic (exact) mass is 247 g/mol. The molecule has 0 radical (unpaired) electrons. The molecule has 1 aliphatic rings. The van der Waals surface area contributed by atoms with Crippen LogP contribution < -0.4 is 0 Å². The smallest absolute Gasteiger partial charge is 0.0540 e. The van der Waals surface area contributed by atoms with Crippen molar-refractivity contribution in [2.24, 2.45) is 5.92 Å². The van der Waals surface area contributed by atoms with Crippen molar-refractivity contribution >= 4 is 0 Å². The molecule has 0 heterocycles. The van der Waals surface area contributed by atoms with E-state index in [1.165, 1.54) is 11.1 Å². The lowest BCUT2D eigenvalue weighted by molar-refractivity contribution is 0.0779. The first-order valence-electron chi connectivity index (χ1n) is 6.99. The standard InChI is InChI=1S/C16H25NO/c1-12-4-6-13(7-5-12)16(17(2)3)14-8-10-15(18)11-9-14/h4-7,14-16,18H,8-11H2,1-3H3. The summed E-state index contributed by atoms with van der Waals surface area (Å²) in [4.78, 5) is 2.33. The summed E-state index contributed by atoms with van der Waals surface area (Å²) in [5.41, 5.74) is 2.72. The van der Waals surface area contributed by atoms with E-state index in [-0.39, 0.29) is 6.10 Å². The molecule has 0 bridgehead atoms. The van der Waals surface area contributed by atoms with Gasteiger partial charge in [-0.2, -0.15) is 0 Å². The molecule has 0 aliphatic heterocycles. The van der Waals surface area contributed by atoms with Gasteiger partial charge in [-0.05, 0) is 58.2 Å². The SMILES string of the molecule is Cc1ccc(C(C2CCC(O)CC2)N(C)C)cc1. The summed E-state index contributed by atoms with van der Waals surface area (Å²) in [5, 5.41) is 9.64. The summed E-state index contributed by atoms with van der Waals surface area (Å²) in [7, 11) is 4.32. The highest BCUT2D eigenvalue weighted by Gasteiger charge is 2.29. The predicted octanol–water partition coefficient (Wildman–Crippen LogP) is 3.15. The van der Waals surface area contributed by atoms with Crippen LogP contribution in [0.25, 0.3) is 0 Å². The van der Waals surface area contributed by atoms with E-state index in [2.05, 4.69) is 50.2 Å². The molecule has 1 aliphatic carbocycles. The summed E-state index contributed by atoms with van der Waals surface area (Å²) in [6.45, 7) is 2.13. The Hall–Kier alpha value is -0.860. The van der Waals surface area contributed by atoms with E-state index < -0.39 is 0 Å². The Morgan fingerprint density at radius 3 is 2.11 bits per heavy atom. The van der Waals surface area contributed by atoms with Gasteiger partial charge in [0.05, 0.1) is 6.10 Å². The van der Waals surface area contributed by atoms with Crippen molar-refractivity contribution in [3.63, 3.8) is 0 Å². The maximum atomic E-state index is 9.64. The number of aliphatic hydroxyl groups is 1. The van der Waals surface area contributed by atoms with Gasteiger partial charge in [-0.25, -0.2) is 0 Å². The summed E-state index contributed by atoms with van der Waals surface area (Å²) < 4.78 is 0. The lowest BCUT2D eigenvalue weighted by atomic mass is 9.79. The fourth-order valence-electron chi connectivity index (χ4n) is 3.17. The van der Waals surface area contributed by atoms with Gasteiger partial charge in [-0.3, -0.25) is 0 Å². The van der Waals surface area contributed by atoms with Crippen molar-refractivity contribution in [2.45, 2.75) is 44.8 Å². The van der Waals surface area contributed by atoms with Crippen LogP contribution in [0.4, 0.5) is 0 Å². The number of aryl methyl sites for hydroxylation is 1. The molecule has 0 spiro atoms. The van der Waals surface area contributed by atoms with Gasteiger partial charge in [0.1, 0.15) is 0 Å². The number of hydrogen-bond acceptors (Lipinski definition) is 2. The molecule has 1 saturated carbocycles. The Morgan fingerprint density at radius 2 is 1.61 bits per heavy atom. The van der Waals surface area contributed by atoms with E-state index in [9.17, 15) is 5.11 Å². The minimum Gasteiger partial charge on any atom is -0.393 e. The Morgan fingerprint density at radius 1 is 1.06 bits per heavy atom. The molecular formula is C16H25NO. The normalized spacial score (nSPS) is 26.3. The van der Waals surface area contributed by atoms with Crippen LogP contribution in [0, 0.1) is 12.8 Å². The summed E-state index contributed by atoms with van der Waals surface area (Å²) in [5.74, 6) is 0.672. The summed E-state index contributed by atoms with van der Waals surface area (Å²) >= 11 is 0. The quantitative estimate of drug-likeness (QED) is 0.887. The van der Waals surface area contributed by atoms with Crippen LogP contribution in [0.2, 0.25) is 0 Å². The van der Waals surface area contributed by atoms with Crippen molar-refractivity contribution in [3.8, 4) is 0 Å². The van der Waals surface area contributed by atoms with E-state index >= 15 is 0 Å². The first-order chi connectivity index (χ1) is 8.58. The van der Waals surface area contributed by atoms with Crippen molar-refractivity contribution in [3.05, 3.63) is 35.4 Å². The molecule has 1 fully saturated rings. The Labute approximate surface area is 111 Å². The average molecular weight is 247 g/mol. The highest BCUT2D eigenvalue weighted by molar-refractivity contribution is 5.24. The minimum absolute atomic E-state index is 0.0675. The van der Waals surface area contributed by atoms with Crippen LogP contribution in [0.5, 0.6) is 0 Å². The van der Waals surface area contributed by atoms with Gasteiger partial charge < -0.3 is 10.0 Å². The van der Waals surface area contributed by atoms with Crippen LogP contribution in [0.1, 0.15) is 42.9 Å². The molecule has 0 saturated heterocycles. The number of nitrogens with zero attached hydrogens (tertiary/aromatic N) is 1. The molecule has 1 N–H and O–H groups in total. The second kappa shape index (κ2) is 5.85. The molecule has 2 nitrogen and oxygen atoms in total. The molecule has 2 rings (SSSR count). The molecule has 2 heteroatoms. The zero-order valence-electron chi connectivity index (χ0n) is 11.8. The lowest BCUT2D eigenvalue weighted by Gasteiger charge is -2.36. The van der Waals surface area contributed by atoms with E-state index in [1.807, 2.05) is 0 Å². The van der Waals surface area contributed by atoms with E-state index in [0.29, 0.717) is 12.0 Å². The van der Waals surface area contributed by atoms with Gasteiger partial charge in [0.2, 0.25) is 0 Å². The van der Waals surface area contributed by atoms with Gasteiger partial charge in [0.15, 0.2) is 0 Å². The van der Waals surface area contributed by atoms with Crippen LogP contribution in [0.3, 0.4) is 0 Å². The van der Waals surface area contributed by atoms with Crippen molar-refractivity contribution in [1.82, 2.24) is 4.90 Å². The fourth-order valence-corrected chi connectivity index (χ4v) is 3.17. The number of hydrogen-bond donors (Lipinski definition) is 1. The maximum Gasteiger partial charge on any atom is 0.0540 e. The van der Waals surface area contributed by atoms with E-state index in [1.54, 1.807) is 0 Å². The van der Waals surface area contributed by atoms with E-state index in [4.69, 9.17) is 0 Å². The van der Waals surface area contributed by atoms with Gasteiger partial charge in [-0.15, -0.1) is 0 Å². The second-order valence-electron chi connectivity index (χ2n) is 5.89. The third-order valence-electron chi connectivity index (χ3n) is 4.16. The molecule has 1 aromatic carbocycles. The van der Waals surface area contributed by atoms with Crippen LogP contribution >= 0.6 is 0 Å². The zero-order chi connectivity index (χ0) is 13.1. The third-order valence-corrected chi connectivity index (χ3v) is 4.16. The topological polar surface area (TPSA) is 23.5 Å². The minimum atomic E-state index is -0.0675. The van der Waals surface area contributed by atoms with Crippen molar-refractivity contribution in [1.29, 1.82) is 0 Å². The Kier molecular flexibility index (Phi) is 4.41. The Balaban J connectivity index is 2.15. The largest absolute Gasteiger partial charge is 0.393 e. The number of benzene rings is 1. The van der Waals surface area contributed by atoms with Gasteiger partial charge >= 0.3 is 0 Å². The molecule has 18 heavy (non-hydrogen) atoms. The first-order valence-corrected chi connectivity index (χ1v) is 6.99. The summed E-state index contributed by atoms with van der Waals surface area (Å²) in [6, 6.07) is 9.39. The highest BCUT2D eigenvalue weighted by atomic mass is 16.3. The molecular weight excluding hydrogens is 222 g/mol. The lowest BCUT2D eigenvalue weighted by Crippen LogP contribution is -2.31. The molecule has 0 aromatic heterocycles. The van der Waals surface area contributed by atoms with Crippen molar-refractivity contribution < 1.29 is 5.11 Å². The predicted molar refractivity (Wildman–Crippen MR) is 75.6 cm³/mol. The van der Waals surface area contributed by atoms with Gasteiger partial charge in [-0.1, -0.05) is 29.8 Å². The van der Waals surface area contributed by atoms with Crippen LogP contribution in [-0.4, -0.2) is 30.2 Å². The Bertz CT molecular complexity index is 363. The maximum absolute atomic E-state index is 9.64. The van der Waals surface area contributed by atoms with E-state index in [0.717, 1.165) is 25.7 Å². The number of rotatable bonds is 3. The number of aliphatic hydroxyl groups excluding tert-OH is 1. The fraction of sp³-hybridized carbons (Fsp3) is 0.625. The average Bonchev–Trinajstić information content (AvgIpc) is 2.34. The zero-order valence-corrected chi connectivity index (χ0v) is 11.8. The highest BCUT2D eigenvalue weighted by Crippen LogP contribution is 2.37. The van der Waals surface area contributed by atoms with Gasteiger partial charge in [0.25, 0.3) is 0 Å². The molecule has 0 amide bonds. The third kappa shape index (κ3) is 3.12. The van der Waals surface area contributed by atoms with Crippen LogP contribution in [-0.2, 0) is 0 Å². The first kappa shape index (κ1) is 13.6. The molecule has 100 valence electrons. The van der Waals surface area contributed by atoms with Crippen molar-refractivity contribution in [2.75, 3.05) is 14.1 Å².